The van der Waals surface area contributed by atoms with Gasteiger partial charge in [0.05, 0.1) is 18.6 Å². The highest BCUT2D eigenvalue weighted by Crippen LogP contribution is 2.27. The van der Waals surface area contributed by atoms with Crippen molar-refractivity contribution in [3.05, 3.63) is 0 Å². The highest BCUT2D eigenvalue weighted by atomic mass is 16.5. The van der Waals surface area contributed by atoms with Crippen molar-refractivity contribution < 1.29 is 20.4 Å². The van der Waals surface area contributed by atoms with Gasteiger partial charge >= 0.3 is 0 Å². The second-order valence-electron chi connectivity index (χ2n) is 5.28. The number of hydrogen-bond donors (Lipinski definition) is 4. The lowest BCUT2D eigenvalue weighted by molar-refractivity contribution is -0.171. The minimum Gasteiger partial charge on any atom is -0.396 e. The van der Waals surface area contributed by atoms with Gasteiger partial charge in [-0.05, 0) is 6.42 Å². The Hall–Kier alpha value is -0.160. The molecular weight excluding hydrogens is 232 g/mol. The molecule has 0 saturated heterocycles. The molecule has 18 heavy (non-hydrogen) atoms. The Morgan fingerprint density at radius 3 is 1.61 bits per heavy atom. The maximum atomic E-state index is 9.20. The number of rotatable bonds is 12. The van der Waals surface area contributed by atoms with Crippen LogP contribution >= 0.6 is 0 Å². The van der Waals surface area contributed by atoms with E-state index in [0.29, 0.717) is 6.42 Å². The Morgan fingerprint density at radius 1 is 0.778 bits per heavy atom. The molecule has 0 aromatic rings. The largest absolute Gasteiger partial charge is 0.396 e. The van der Waals surface area contributed by atoms with E-state index in [9.17, 15) is 10.2 Å². The molecule has 0 aromatic carbocycles. The van der Waals surface area contributed by atoms with Crippen LogP contribution in [0.5, 0.6) is 0 Å². The fraction of sp³-hybridized carbons (Fsp3) is 1.00. The molecule has 0 saturated carbocycles. The molecule has 0 aliphatic rings. The van der Waals surface area contributed by atoms with E-state index < -0.39 is 24.9 Å². The van der Waals surface area contributed by atoms with Gasteiger partial charge in [0.2, 0.25) is 0 Å². The molecule has 0 fully saturated rings. The molecule has 0 aromatic heterocycles. The second-order valence-corrected chi connectivity index (χ2v) is 5.28. The van der Waals surface area contributed by atoms with Gasteiger partial charge < -0.3 is 20.4 Å². The molecule has 4 N–H and O–H groups in total. The standard InChI is InChI=1S/C14H30O4/c1-2-3-4-5-6-7-8-9-10-14(11-15,12-16)13(17)18/h13,15-18H,2-12H2,1H3. The monoisotopic (exact) mass is 262 g/mol. The van der Waals surface area contributed by atoms with E-state index in [-0.39, 0.29) is 0 Å². The zero-order chi connectivity index (χ0) is 13.9. The third-order valence-electron chi connectivity index (χ3n) is 3.71. The fourth-order valence-corrected chi connectivity index (χ4v) is 2.11. The van der Waals surface area contributed by atoms with Crippen LogP contribution in [0.1, 0.15) is 64.7 Å². The fourth-order valence-electron chi connectivity index (χ4n) is 2.11. The summed E-state index contributed by atoms with van der Waals surface area (Å²) in [5, 5.41) is 36.7. The van der Waals surface area contributed by atoms with Crippen LogP contribution in [0.25, 0.3) is 0 Å². The molecule has 110 valence electrons. The van der Waals surface area contributed by atoms with Crippen molar-refractivity contribution in [2.45, 2.75) is 71.0 Å². The molecule has 0 aliphatic heterocycles. The van der Waals surface area contributed by atoms with Gasteiger partial charge in [0, 0.05) is 0 Å². The summed E-state index contributed by atoms with van der Waals surface area (Å²) in [5.41, 5.74) is -1.15. The second kappa shape index (κ2) is 10.7. The van der Waals surface area contributed by atoms with E-state index >= 15 is 0 Å². The normalized spacial score (nSPS) is 12.3. The van der Waals surface area contributed by atoms with Crippen LogP contribution < -0.4 is 0 Å². The smallest absolute Gasteiger partial charge is 0.161 e. The van der Waals surface area contributed by atoms with Crippen molar-refractivity contribution in [2.75, 3.05) is 13.2 Å². The Kier molecular flexibility index (Phi) is 10.6. The topological polar surface area (TPSA) is 80.9 Å². The van der Waals surface area contributed by atoms with E-state index in [1.54, 1.807) is 0 Å². The average Bonchev–Trinajstić information content (AvgIpc) is 2.37. The summed E-state index contributed by atoms with van der Waals surface area (Å²) in [5.74, 6) is 0. The highest BCUT2D eigenvalue weighted by molar-refractivity contribution is 4.79. The molecule has 0 heterocycles. The van der Waals surface area contributed by atoms with Gasteiger partial charge in [-0.1, -0.05) is 58.3 Å². The molecule has 0 aliphatic carbocycles. The average molecular weight is 262 g/mol. The van der Waals surface area contributed by atoms with Crippen LogP contribution in [0.3, 0.4) is 0 Å². The zero-order valence-corrected chi connectivity index (χ0v) is 11.6. The van der Waals surface area contributed by atoms with E-state index in [0.717, 1.165) is 19.3 Å². The van der Waals surface area contributed by atoms with E-state index in [2.05, 4.69) is 6.92 Å². The van der Waals surface area contributed by atoms with Gasteiger partial charge in [0.25, 0.3) is 0 Å². The minimum atomic E-state index is -1.66. The quantitative estimate of drug-likeness (QED) is 0.319. The lowest BCUT2D eigenvalue weighted by Gasteiger charge is -2.31. The van der Waals surface area contributed by atoms with E-state index in [1.165, 1.54) is 32.1 Å². The lowest BCUT2D eigenvalue weighted by atomic mass is 9.83. The first-order valence-corrected chi connectivity index (χ1v) is 7.21. The lowest BCUT2D eigenvalue weighted by Crippen LogP contribution is -2.41. The summed E-state index contributed by atoms with van der Waals surface area (Å²) >= 11 is 0. The van der Waals surface area contributed by atoms with Crippen LogP contribution in [0.2, 0.25) is 0 Å². The van der Waals surface area contributed by atoms with E-state index in [1.807, 2.05) is 0 Å². The van der Waals surface area contributed by atoms with E-state index in [4.69, 9.17) is 10.2 Å². The predicted molar refractivity (Wildman–Crippen MR) is 72.1 cm³/mol. The first-order valence-electron chi connectivity index (χ1n) is 7.21. The van der Waals surface area contributed by atoms with Crippen LogP contribution in [-0.4, -0.2) is 39.9 Å². The molecule has 0 atom stereocenters. The Balaban J connectivity index is 3.62. The number of aliphatic hydroxyl groups excluding tert-OH is 3. The van der Waals surface area contributed by atoms with Crippen molar-refractivity contribution in [1.82, 2.24) is 0 Å². The summed E-state index contributed by atoms with van der Waals surface area (Å²) in [4.78, 5) is 0. The Morgan fingerprint density at radius 2 is 1.22 bits per heavy atom. The first-order chi connectivity index (χ1) is 8.63. The summed E-state index contributed by atoms with van der Waals surface area (Å²) in [6.07, 6.45) is 8.09. The first kappa shape index (κ1) is 17.8. The van der Waals surface area contributed by atoms with Crippen molar-refractivity contribution in [1.29, 1.82) is 0 Å². The molecule has 0 bridgehead atoms. The van der Waals surface area contributed by atoms with Gasteiger partial charge in [-0.15, -0.1) is 0 Å². The maximum absolute atomic E-state index is 9.20. The SMILES string of the molecule is CCCCCCCCCCC(CO)(CO)C(O)O. The van der Waals surface area contributed by atoms with Crippen LogP contribution in [0.4, 0.5) is 0 Å². The number of aliphatic hydroxyl groups is 4. The molecule has 0 spiro atoms. The van der Waals surface area contributed by atoms with Crippen LogP contribution in [0.15, 0.2) is 0 Å². The summed E-state index contributed by atoms with van der Waals surface area (Å²) in [7, 11) is 0. The third-order valence-corrected chi connectivity index (χ3v) is 3.71. The van der Waals surface area contributed by atoms with Gasteiger partial charge in [0.15, 0.2) is 6.29 Å². The van der Waals surface area contributed by atoms with Crippen LogP contribution in [0, 0.1) is 5.41 Å². The molecule has 0 radical (unpaired) electrons. The summed E-state index contributed by atoms with van der Waals surface area (Å²) in [6.45, 7) is 1.42. The molecular formula is C14H30O4. The Bertz CT molecular complexity index is 179. The van der Waals surface area contributed by atoms with Gasteiger partial charge in [-0.25, -0.2) is 0 Å². The minimum absolute atomic E-state index is 0.391. The van der Waals surface area contributed by atoms with Gasteiger partial charge in [-0.2, -0.15) is 0 Å². The van der Waals surface area contributed by atoms with Crippen LogP contribution in [-0.2, 0) is 0 Å². The number of hydrogen-bond acceptors (Lipinski definition) is 4. The summed E-state index contributed by atoms with van der Waals surface area (Å²) < 4.78 is 0. The summed E-state index contributed by atoms with van der Waals surface area (Å²) in [6, 6.07) is 0. The van der Waals surface area contributed by atoms with Gasteiger partial charge in [0.1, 0.15) is 0 Å². The molecule has 4 nitrogen and oxygen atoms in total. The molecule has 0 rings (SSSR count). The molecule has 0 unspecified atom stereocenters. The van der Waals surface area contributed by atoms with Crippen molar-refractivity contribution in [3.63, 3.8) is 0 Å². The Labute approximate surface area is 111 Å². The van der Waals surface area contributed by atoms with Gasteiger partial charge in [-0.3, -0.25) is 0 Å². The predicted octanol–water partition coefficient (Wildman–Crippen LogP) is 1.80. The molecule has 4 heteroatoms. The molecule has 0 amide bonds. The third kappa shape index (κ3) is 6.69. The number of unbranched alkanes of at least 4 members (excludes halogenated alkanes) is 7. The zero-order valence-electron chi connectivity index (χ0n) is 11.6. The van der Waals surface area contributed by atoms with Crippen molar-refractivity contribution >= 4 is 0 Å². The maximum Gasteiger partial charge on any atom is 0.161 e. The van der Waals surface area contributed by atoms with Crippen molar-refractivity contribution in [2.24, 2.45) is 5.41 Å². The highest BCUT2D eigenvalue weighted by Gasteiger charge is 2.35. The van der Waals surface area contributed by atoms with Crippen molar-refractivity contribution in [3.8, 4) is 0 Å².